The van der Waals surface area contributed by atoms with Crippen molar-refractivity contribution >= 4 is 33.9 Å². The first-order chi connectivity index (χ1) is 19.4. The van der Waals surface area contributed by atoms with Crippen LogP contribution in [0.25, 0.3) is 10.9 Å². The fraction of sp³-hybridized carbons (Fsp3) is 0.345. The second-order valence-corrected chi connectivity index (χ2v) is 11.5. The molecule has 1 fully saturated rings. The van der Waals surface area contributed by atoms with Crippen molar-refractivity contribution in [3.05, 3.63) is 76.2 Å². The first-order valence-electron chi connectivity index (χ1n) is 13.3. The van der Waals surface area contributed by atoms with Crippen molar-refractivity contribution < 1.29 is 10.2 Å². The van der Waals surface area contributed by atoms with Gasteiger partial charge in [0.25, 0.3) is 6.43 Å². The summed E-state index contributed by atoms with van der Waals surface area (Å²) in [6.07, 6.45) is 0.926. The average molecular weight is 564 g/mol. The topological polar surface area (TPSA) is 112 Å². The summed E-state index contributed by atoms with van der Waals surface area (Å²) in [5, 5.41) is 28.5. The molecule has 40 heavy (non-hydrogen) atoms. The maximum absolute atomic E-state index is 13.9. The van der Waals surface area contributed by atoms with Crippen LogP contribution in [0.3, 0.4) is 0 Å². The predicted molar refractivity (Wildman–Crippen MR) is 151 cm³/mol. The van der Waals surface area contributed by atoms with Gasteiger partial charge in [-0.25, -0.2) is 8.78 Å². The van der Waals surface area contributed by atoms with Crippen molar-refractivity contribution in [3.8, 4) is 12.1 Å². The Kier molecular flexibility index (Phi) is 6.83. The molecule has 2 aromatic carbocycles. The van der Waals surface area contributed by atoms with Gasteiger partial charge in [-0.3, -0.25) is 9.99 Å². The zero-order chi connectivity index (χ0) is 29.6. The molecule has 1 aliphatic carbocycles. The summed E-state index contributed by atoms with van der Waals surface area (Å²) < 4.78 is 37.4. The van der Waals surface area contributed by atoms with E-state index >= 15 is 0 Å². The molecule has 1 atom stereocenters. The number of benzene rings is 2. The van der Waals surface area contributed by atoms with Crippen molar-refractivity contribution in [1.29, 1.82) is 10.5 Å². The summed E-state index contributed by atoms with van der Waals surface area (Å²) in [5.41, 5.74) is 6.65. The lowest BCUT2D eigenvalue weighted by Gasteiger charge is -2.25. The van der Waals surface area contributed by atoms with Gasteiger partial charge in [-0.1, -0.05) is 50.6 Å². The molecule has 1 aliphatic heterocycles. The SMILES string of the molecule is [2H][C@](Nc1cc(C#N)c2ncc(C#N)c(NCC(C)(C)C)c2c1)(C1=CN(C2(C(F)F)CC2)NN1)c1ccccc1Cl. The lowest BCUT2D eigenvalue weighted by molar-refractivity contribution is 0.00911. The zero-order valence-electron chi connectivity index (χ0n) is 23.2. The third-order valence-corrected chi connectivity index (χ3v) is 7.24. The third-order valence-electron chi connectivity index (χ3n) is 6.91. The number of halogens is 3. The van der Waals surface area contributed by atoms with Gasteiger partial charge in [0.1, 0.15) is 17.7 Å². The van der Waals surface area contributed by atoms with Gasteiger partial charge >= 0.3 is 0 Å². The van der Waals surface area contributed by atoms with Crippen LogP contribution in [-0.2, 0) is 0 Å². The minimum Gasteiger partial charge on any atom is -0.383 e. The summed E-state index contributed by atoms with van der Waals surface area (Å²) in [7, 11) is 0. The monoisotopic (exact) mass is 563 g/mol. The Labute approximate surface area is 238 Å². The third kappa shape index (κ3) is 5.21. The zero-order valence-corrected chi connectivity index (χ0v) is 23.0. The van der Waals surface area contributed by atoms with Crippen molar-refractivity contribution in [3.63, 3.8) is 0 Å². The molecule has 11 heteroatoms. The number of alkyl halides is 2. The second kappa shape index (κ2) is 10.5. The molecule has 4 N–H and O–H groups in total. The normalized spacial score (nSPS) is 17.8. The second-order valence-electron chi connectivity index (χ2n) is 11.1. The number of nitrogens with one attached hydrogen (secondary N) is 4. The highest BCUT2D eigenvalue weighted by Crippen LogP contribution is 2.47. The molecule has 8 nitrogen and oxygen atoms in total. The van der Waals surface area contributed by atoms with Crippen LogP contribution < -0.4 is 21.6 Å². The Morgan fingerprint density at radius 1 is 1.20 bits per heavy atom. The van der Waals surface area contributed by atoms with E-state index in [0.717, 1.165) is 0 Å². The molecule has 3 aromatic rings. The molecular formula is C29H29ClF2N8. The minimum atomic E-state index is -2.58. The highest BCUT2D eigenvalue weighted by molar-refractivity contribution is 6.31. The Morgan fingerprint density at radius 2 is 1.93 bits per heavy atom. The standard InChI is InChI=1S/C29H29ClF2N8/c1-28(2,3)16-36-25-18(13-34)14-35-24-17(12-33)10-19(11-21(24)25)37-26(20-6-4-5-7-22(20)30)23-15-40(39-38-23)29(8-9-29)27(31)32/h4-7,10-11,14-15,26-27,37-39H,8-9,16H2,1-3H3,(H,35,36)/t26-/m1/s1/i26D. The Balaban J connectivity index is 1.64. The first-order valence-corrected chi connectivity index (χ1v) is 13.2. The lowest BCUT2D eigenvalue weighted by atomic mass is 9.96. The van der Waals surface area contributed by atoms with E-state index in [1.807, 2.05) is 0 Å². The molecule has 2 heterocycles. The van der Waals surface area contributed by atoms with Crippen molar-refractivity contribution in [2.45, 2.75) is 51.6 Å². The van der Waals surface area contributed by atoms with Crippen LogP contribution in [0, 0.1) is 28.1 Å². The van der Waals surface area contributed by atoms with E-state index in [2.05, 4.69) is 59.5 Å². The van der Waals surface area contributed by atoms with Gasteiger partial charge in [0, 0.05) is 35.0 Å². The average Bonchev–Trinajstić information content (AvgIpc) is 3.59. The van der Waals surface area contributed by atoms with Gasteiger partial charge in [-0.15, -0.1) is 5.53 Å². The molecule has 0 saturated heterocycles. The van der Waals surface area contributed by atoms with E-state index in [1.165, 1.54) is 17.4 Å². The van der Waals surface area contributed by atoms with Crippen molar-refractivity contribution in [1.82, 2.24) is 21.0 Å². The largest absolute Gasteiger partial charge is 0.383 e. The van der Waals surface area contributed by atoms with Crippen LogP contribution in [0.1, 0.15) is 57.7 Å². The number of pyridine rings is 1. The van der Waals surface area contributed by atoms with Crippen molar-refractivity contribution in [2.75, 3.05) is 17.2 Å². The van der Waals surface area contributed by atoms with Crippen LogP contribution >= 0.6 is 11.6 Å². The molecule has 0 bridgehead atoms. The molecule has 0 amide bonds. The van der Waals surface area contributed by atoms with E-state index in [1.54, 1.807) is 36.4 Å². The molecule has 1 saturated carbocycles. The van der Waals surface area contributed by atoms with Gasteiger partial charge in [0.2, 0.25) is 0 Å². The van der Waals surface area contributed by atoms with Gasteiger partial charge in [0.05, 0.1) is 35.4 Å². The molecule has 1 aromatic heterocycles. The molecule has 2 aliphatic rings. The molecule has 0 radical (unpaired) electrons. The van der Waals surface area contributed by atoms with E-state index in [4.69, 9.17) is 11.6 Å². The molecule has 5 rings (SSSR count). The van der Waals surface area contributed by atoms with E-state index in [0.29, 0.717) is 52.8 Å². The molecular weight excluding hydrogens is 534 g/mol. The summed E-state index contributed by atoms with van der Waals surface area (Å²) in [6, 6.07) is 12.6. The van der Waals surface area contributed by atoms with Gasteiger partial charge in [0.15, 0.2) is 0 Å². The Bertz CT molecular complexity index is 1620. The van der Waals surface area contributed by atoms with Gasteiger partial charge in [-0.05, 0) is 42.0 Å². The van der Waals surface area contributed by atoms with Crippen LogP contribution in [0.15, 0.2) is 54.5 Å². The first kappa shape index (κ1) is 26.1. The Hall–Kier alpha value is -4.12. The smallest absolute Gasteiger partial charge is 0.262 e. The minimum absolute atomic E-state index is 0.104. The summed E-state index contributed by atoms with van der Waals surface area (Å²) in [6.45, 7) is 6.72. The quantitative estimate of drug-likeness (QED) is 0.256. The number of nitrogens with zero attached hydrogens (tertiary/aromatic N) is 4. The maximum atomic E-state index is 13.9. The van der Waals surface area contributed by atoms with Crippen molar-refractivity contribution in [2.24, 2.45) is 5.41 Å². The number of anilines is 2. The van der Waals surface area contributed by atoms with Gasteiger partial charge in [-0.2, -0.15) is 10.5 Å². The molecule has 206 valence electrons. The van der Waals surface area contributed by atoms with Gasteiger partial charge < -0.3 is 16.1 Å². The fourth-order valence-electron chi connectivity index (χ4n) is 4.55. The van der Waals surface area contributed by atoms with Crippen LogP contribution in [0.2, 0.25) is 5.02 Å². The summed E-state index contributed by atoms with van der Waals surface area (Å²) in [4.78, 5) is 4.38. The van der Waals surface area contributed by atoms with Crippen LogP contribution in [-0.4, -0.2) is 28.5 Å². The number of fused-ring (bicyclic) bond motifs is 1. The van der Waals surface area contributed by atoms with E-state index < -0.39 is 18.0 Å². The predicted octanol–water partition coefficient (Wildman–Crippen LogP) is 6.21. The number of aromatic nitrogens is 1. The van der Waals surface area contributed by atoms with E-state index in [-0.39, 0.29) is 21.7 Å². The van der Waals surface area contributed by atoms with Crippen LogP contribution in [0.4, 0.5) is 20.2 Å². The highest BCUT2D eigenvalue weighted by atomic mass is 35.5. The van der Waals surface area contributed by atoms with E-state index in [9.17, 15) is 20.7 Å². The maximum Gasteiger partial charge on any atom is 0.262 e. The molecule has 0 spiro atoms. The molecule has 0 unspecified atom stereocenters. The summed E-state index contributed by atoms with van der Waals surface area (Å²) in [5.74, 6) is 0. The highest BCUT2D eigenvalue weighted by Gasteiger charge is 2.56. The number of rotatable bonds is 8. The number of nitriles is 2. The lowest BCUT2D eigenvalue weighted by Crippen LogP contribution is -2.48. The number of hydrazine groups is 2. The Morgan fingerprint density at radius 3 is 2.55 bits per heavy atom. The number of hydrogen-bond acceptors (Lipinski definition) is 8. The van der Waals surface area contributed by atoms with Crippen LogP contribution in [0.5, 0.6) is 0 Å². The summed E-state index contributed by atoms with van der Waals surface area (Å²) >= 11 is 6.57. The fourth-order valence-corrected chi connectivity index (χ4v) is 4.78. The number of hydrogen-bond donors (Lipinski definition) is 4.